The number of rotatable bonds is 6. The monoisotopic (exact) mass is 286 g/mol. The van der Waals surface area contributed by atoms with E-state index in [0.717, 1.165) is 5.57 Å². The molecule has 0 heterocycles. The topological polar surface area (TPSA) is 59.6 Å². The van der Waals surface area contributed by atoms with E-state index in [1.54, 1.807) is 6.92 Å². The SMILES string of the molecule is C=C(C)CNC(=O)Nc1ccc(OC)c(OC(F)F)c1. The van der Waals surface area contributed by atoms with Gasteiger partial charge in [-0.25, -0.2) is 4.79 Å². The first-order valence-corrected chi connectivity index (χ1v) is 5.74. The molecule has 0 fully saturated rings. The molecule has 2 amide bonds. The van der Waals surface area contributed by atoms with E-state index in [-0.39, 0.29) is 11.5 Å². The summed E-state index contributed by atoms with van der Waals surface area (Å²) in [4.78, 5) is 11.5. The van der Waals surface area contributed by atoms with E-state index in [1.807, 2.05) is 0 Å². The summed E-state index contributed by atoms with van der Waals surface area (Å²) in [5.74, 6) is -0.00149. The largest absolute Gasteiger partial charge is 0.493 e. The highest BCUT2D eigenvalue weighted by Crippen LogP contribution is 2.31. The summed E-state index contributed by atoms with van der Waals surface area (Å²) in [7, 11) is 1.33. The molecular weight excluding hydrogens is 270 g/mol. The lowest BCUT2D eigenvalue weighted by atomic mass is 10.2. The predicted molar refractivity (Wildman–Crippen MR) is 71.5 cm³/mol. The van der Waals surface area contributed by atoms with Gasteiger partial charge in [0.15, 0.2) is 11.5 Å². The Labute approximate surface area is 115 Å². The molecule has 20 heavy (non-hydrogen) atoms. The molecule has 1 aromatic carbocycles. The van der Waals surface area contributed by atoms with Crippen LogP contribution in [0.3, 0.4) is 0 Å². The van der Waals surface area contributed by atoms with Gasteiger partial charge in [0, 0.05) is 18.3 Å². The first-order chi connectivity index (χ1) is 9.42. The average molecular weight is 286 g/mol. The van der Waals surface area contributed by atoms with Gasteiger partial charge in [-0.2, -0.15) is 8.78 Å². The Bertz CT molecular complexity index is 493. The number of halogens is 2. The maximum Gasteiger partial charge on any atom is 0.387 e. The van der Waals surface area contributed by atoms with Crippen molar-refractivity contribution in [2.75, 3.05) is 19.0 Å². The lowest BCUT2D eigenvalue weighted by molar-refractivity contribution is -0.0511. The maximum atomic E-state index is 12.3. The highest BCUT2D eigenvalue weighted by Gasteiger charge is 2.12. The Hall–Kier alpha value is -2.31. The van der Waals surface area contributed by atoms with Gasteiger partial charge in [-0.1, -0.05) is 12.2 Å². The molecular formula is C13H16F2N2O3. The molecule has 5 nitrogen and oxygen atoms in total. The lowest BCUT2D eigenvalue weighted by Gasteiger charge is -2.12. The molecule has 0 radical (unpaired) electrons. The fraction of sp³-hybridized carbons (Fsp3) is 0.308. The number of carbonyl (C=O) groups excluding carboxylic acids is 1. The predicted octanol–water partition coefficient (Wildman–Crippen LogP) is 2.99. The molecule has 1 rings (SSSR count). The zero-order valence-electron chi connectivity index (χ0n) is 11.2. The maximum absolute atomic E-state index is 12.3. The van der Waals surface area contributed by atoms with Gasteiger partial charge in [-0.15, -0.1) is 0 Å². The van der Waals surface area contributed by atoms with Gasteiger partial charge in [0.1, 0.15) is 0 Å². The van der Waals surface area contributed by atoms with Crippen LogP contribution in [0.4, 0.5) is 19.3 Å². The Morgan fingerprint density at radius 3 is 2.65 bits per heavy atom. The van der Waals surface area contributed by atoms with Crippen LogP contribution in [0, 0.1) is 0 Å². The number of alkyl halides is 2. The van der Waals surface area contributed by atoms with E-state index in [2.05, 4.69) is 21.9 Å². The molecule has 0 aliphatic carbocycles. The minimum atomic E-state index is -2.98. The molecule has 110 valence electrons. The number of ether oxygens (including phenoxy) is 2. The minimum Gasteiger partial charge on any atom is -0.493 e. The summed E-state index contributed by atoms with van der Waals surface area (Å²) < 4.78 is 33.7. The zero-order valence-corrected chi connectivity index (χ0v) is 11.2. The van der Waals surface area contributed by atoms with Gasteiger partial charge >= 0.3 is 12.6 Å². The second kappa shape index (κ2) is 7.32. The van der Waals surface area contributed by atoms with Crippen molar-refractivity contribution in [1.82, 2.24) is 5.32 Å². The van der Waals surface area contributed by atoms with Crippen molar-refractivity contribution in [1.29, 1.82) is 0 Å². The Morgan fingerprint density at radius 1 is 1.40 bits per heavy atom. The summed E-state index contributed by atoms with van der Waals surface area (Å²) >= 11 is 0. The van der Waals surface area contributed by atoms with Crippen molar-refractivity contribution in [3.8, 4) is 11.5 Å². The number of hydrogen-bond donors (Lipinski definition) is 2. The van der Waals surface area contributed by atoms with E-state index in [4.69, 9.17) is 4.74 Å². The molecule has 0 aliphatic heterocycles. The van der Waals surface area contributed by atoms with Crippen LogP contribution in [0.5, 0.6) is 11.5 Å². The molecule has 0 atom stereocenters. The van der Waals surface area contributed by atoms with Gasteiger partial charge in [-0.3, -0.25) is 0 Å². The molecule has 1 aromatic rings. The summed E-state index contributed by atoms with van der Waals surface area (Å²) in [6, 6.07) is 3.72. The van der Waals surface area contributed by atoms with Gasteiger partial charge in [0.25, 0.3) is 0 Å². The van der Waals surface area contributed by atoms with Crippen LogP contribution < -0.4 is 20.1 Å². The molecule has 2 N–H and O–H groups in total. The van der Waals surface area contributed by atoms with Crippen LogP contribution in [-0.4, -0.2) is 26.3 Å². The van der Waals surface area contributed by atoms with Gasteiger partial charge in [-0.05, 0) is 19.1 Å². The van der Waals surface area contributed by atoms with E-state index >= 15 is 0 Å². The van der Waals surface area contributed by atoms with E-state index in [0.29, 0.717) is 12.2 Å². The molecule has 0 saturated carbocycles. The number of methoxy groups -OCH3 is 1. The van der Waals surface area contributed by atoms with Crippen LogP contribution in [0.1, 0.15) is 6.92 Å². The summed E-state index contributed by atoms with van der Waals surface area (Å²) in [6.45, 7) is 2.75. The Balaban J connectivity index is 2.75. The number of amides is 2. The second-order valence-electron chi connectivity index (χ2n) is 4.01. The third-order valence-corrected chi connectivity index (χ3v) is 2.19. The van der Waals surface area contributed by atoms with E-state index in [1.165, 1.54) is 25.3 Å². The smallest absolute Gasteiger partial charge is 0.387 e. The molecule has 0 spiro atoms. The van der Waals surface area contributed by atoms with Gasteiger partial charge < -0.3 is 20.1 Å². The molecule has 0 aromatic heterocycles. The van der Waals surface area contributed by atoms with E-state index < -0.39 is 12.6 Å². The van der Waals surface area contributed by atoms with Crippen LogP contribution in [0.15, 0.2) is 30.4 Å². The lowest BCUT2D eigenvalue weighted by Crippen LogP contribution is -2.29. The Kier molecular flexibility index (Phi) is 5.76. The zero-order chi connectivity index (χ0) is 15.1. The van der Waals surface area contributed by atoms with Crippen LogP contribution in [0.25, 0.3) is 0 Å². The Morgan fingerprint density at radius 2 is 2.10 bits per heavy atom. The average Bonchev–Trinajstić information content (AvgIpc) is 2.36. The van der Waals surface area contributed by atoms with Gasteiger partial charge in [0.2, 0.25) is 0 Å². The summed E-state index contributed by atoms with van der Waals surface area (Å²) in [5.41, 5.74) is 1.09. The van der Waals surface area contributed by atoms with Crippen LogP contribution in [-0.2, 0) is 0 Å². The first-order valence-electron chi connectivity index (χ1n) is 5.74. The standard InChI is InChI=1S/C13H16F2N2O3/c1-8(2)7-16-13(18)17-9-4-5-10(19-3)11(6-9)20-12(14)15/h4-6,12H,1,7H2,2-3H3,(H2,16,17,18). The van der Waals surface area contributed by atoms with Crippen LogP contribution in [0.2, 0.25) is 0 Å². The molecule has 0 bridgehead atoms. The second-order valence-corrected chi connectivity index (χ2v) is 4.01. The number of hydrogen-bond acceptors (Lipinski definition) is 3. The van der Waals surface area contributed by atoms with Crippen LogP contribution >= 0.6 is 0 Å². The molecule has 7 heteroatoms. The third-order valence-electron chi connectivity index (χ3n) is 2.19. The highest BCUT2D eigenvalue weighted by atomic mass is 19.3. The number of carbonyl (C=O) groups is 1. The summed E-state index contributed by atoms with van der Waals surface area (Å²) in [6.07, 6.45) is 0. The third kappa shape index (κ3) is 5.13. The molecule has 0 saturated heterocycles. The quantitative estimate of drug-likeness (QED) is 0.790. The van der Waals surface area contributed by atoms with E-state index in [9.17, 15) is 13.6 Å². The van der Waals surface area contributed by atoms with Crippen molar-refractivity contribution in [2.24, 2.45) is 0 Å². The fourth-order valence-corrected chi connectivity index (χ4v) is 1.35. The van der Waals surface area contributed by atoms with Crippen molar-refractivity contribution < 1.29 is 23.0 Å². The molecule has 0 unspecified atom stereocenters. The van der Waals surface area contributed by atoms with Crippen molar-refractivity contribution in [3.63, 3.8) is 0 Å². The number of urea groups is 1. The van der Waals surface area contributed by atoms with Gasteiger partial charge in [0.05, 0.1) is 7.11 Å². The number of benzene rings is 1. The normalized spacial score (nSPS) is 10.1. The van der Waals surface area contributed by atoms with Crippen molar-refractivity contribution in [3.05, 3.63) is 30.4 Å². The number of anilines is 1. The van der Waals surface area contributed by atoms with Crippen molar-refractivity contribution in [2.45, 2.75) is 13.5 Å². The number of nitrogens with one attached hydrogen (secondary N) is 2. The minimum absolute atomic E-state index is 0.151. The van der Waals surface area contributed by atoms with Crippen molar-refractivity contribution >= 4 is 11.7 Å². The highest BCUT2D eigenvalue weighted by molar-refractivity contribution is 5.89. The first kappa shape index (κ1) is 15.7. The molecule has 0 aliphatic rings. The summed E-state index contributed by atoms with van der Waals surface area (Å²) in [5, 5.41) is 5.04. The fourth-order valence-electron chi connectivity index (χ4n) is 1.35.